The molecular weight excluding hydrogens is 246 g/mol. The van der Waals surface area contributed by atoms with Gasteiger partial charge in [-0.2, -0.15) is 5.10 Å². The number of aromatic nitrogens is 2. The van der Waals surface area contributed by atoms with Gasteiger partial charge >= 0.3 is 0 Å². The van der Waals surface area contributed by atoms with Crippen LogP contribution < -0.4 is 4.72 Å². The van der Waals surface area contributed by atoms with Crippen LogP contribution in [0.1, 0.15) is 17.0 Å². The minimum absolute atomic E-state index is 0.495. The standard InChI is InChI=1S/C13H17N3OS/c1-10-13(11(2)16(3)14-10)15-18(17)9-12-7-5-4-6-8-12/h4-8,15H,9H2,1-3H3. The smallest absolute Gasteiger partial charge is 0.156 e. The van der Waals surface area contributed by atoms with E-state index in [4.69, 9.17) is 0 Å². The third-order valence-electron chi connectivity index (χ3n) is 2.87. The van der Waals surface area contributed by atoms with Crippen molar-refractivity contribution in [2.75, 3.05) is 4.72 Å². The molecule has 0 aliphatic rings. The SMILES string of the molecule is Cc1nn(C)c(C)c1N[S+]([O-])Cc1ccccc1. The lowest BCUT2D eigenvalue weighted by Gasteiger charge is -2.12. The fourth-order valence-corrected chi connectivity index (χ4v) is 2.89. The molecule has 0 saturated heterocycles. The van der Waals surface area contributed by atoms with Gasteiger partial charge in [0.2, 0.25) is 0 Å². The lowest BCUT2D eigenvalue weighted by atomic mass is 10.2. The molecule has 1 N–H and O–H groups in total. The van der Waals surface area contributed by atoms with Gasteiger partial charge in [0.25, 0.3) is 0 Å². The number of aryl methyl sites for hydroxylation is 2. The molecule has 0 aliphatic heterocycles. The van der Waals surface area contributed by atoms with Crippen molar-refractivity contribution in [3.63, 3.8) is 0 Å². The average molecular weight is 263 g/mol. The maximum absolute atomic E-state index is 12.1. The van der Waals surface area contributed by atoms with Crippen molar-refractivity contribution >= 4 is 17.0 Å². The highest BCUT2D eigenvalue weighted by atomic mass is 32.2. The molecule has 1 aromatic heterocycles. The molecule has 1 aromatic carbocycles. The molecule has 0 spiro atoms. The first kappa shape index (κ1) is 13.0. The van der Waals surface area contributed by atoms with Crippen molar-refractivity contribution in [1.29, 1.82) is 0 Å². The second kappa shape index (κ2) is 5.46. The van der Waals surface area contributed by atoms with Crippen LogP contribution in [0.25, 0.3) is 0 Å². The molecular formula is C13H17N3OS. The van der Waals surface area contributed by atoms with Gasteiger partial charge in [-0.05, 0) is 13.8 Å². The fraction of sp³-hybridized carbons (Fsp3) is 0.308. The summed E-state index contributed by atoms with van der Waals surface area (Å²) in [6.45, 7) is 3.87. The van der Waals surface area contributed by atoms with Gasteiger partial charge in [0.05, 0.1) is 22.7 Å². The third kappa shape index (κ3) is 2.86. The number of anilines is 1. The summed E-state index contributed by atoms with van der Waals surface area (Å²) in [7, 11) is 1.88. The van der Waals surface area contributed by atoms with Crippen molar-refractivity contribution in [1.82, 2.24) is 9.78 Å². The van der Waals surface area contributed by atoms with Crippen molar-refractivity contribution in [3.05, 3.63) is 47.3 Å². The van der Waals surface area contributed by atoms with E-state index >= 15 is 0 Å². The van der Waals surface area contributed by atoms with Gasteiger partial charge in [0.15, 0.2) is 5.75 Å². The fourth-order valence-electron chi connectivity index (χ4n) is 1.80. The van der Waals surface area contributed by atoms with Crippen molar-refractivity contribution in [3.8, 4) is 0 Å². The number of benzene rings is 1. The first-order chi connectivity index (χ1) is 8.58. The van der Waals surface area contributed by atoms with Crippen LogP contribution in [0.2, 0.25) is 0 Å². The molecule has 5 heteroatoms. The molecule has 0 bridgehead atoms. The summed E-state index contributed by atoms with van der Waals surface area (Å²) in [5.74, 6) is 0.495. The average Bonchev–Trinajstić information content (AvgIpc) is 2.57. The summed E-state index contributed by atoms with van der Waals surface area (Å²) in [4.78, 5) is 0. The van der Waals surface area contributed by atoms with Gasteiger partial charge in [-0.1, -0.05) is 30.3 Å². The minimum Gasteiger partial charge on any atom is -0.593 e. The highest BCUT2D eigenvalue weighted by Crippen LogP contribution is 2.20. The molecule has 1 unspecified atom stereocenters. The molecule has 0 fully saturated rings. The second-order valence-corrected chi connectivity index (χ2v) is 5.43. The first-order valence-corrected chi connectivity index (χ1v) is 7.09. The summed E-state index contributed by atoms with van der Waals surface area (Å²) >= 11 is -1.13. The molecule has 4 nitrogen and oxygen atoms in total. The van der Waals surface area contributed by atoms with E-state index in [1.165, 1.54) is 0 Å². The molecule has 1 heterocycles. The summed E-state index contributed by atoms with van der Waals surface area (Å²) in [6, 6.07) is 9.81. The molecule has 0 saturated carbocycles. The van der Waals surface area contributed by atoms with E-state index in [1.807, 2.05) is 51.2 Å². The van der Waals surface area contributed by atoms with Crippen LogP contribution in [0.5, 0.6) is 0 Å². The summed E-state index contributed by atoms with van der Waals surface area (Å²) < 4.78 is 16.9. The predicted octanol–water partition coefficient (Wildman–Crippen LogP) is 2.31. The Bertz CT molecular complexity index is 525. The molecule has 2 aromatic rings. The van der Waals surface area contributed by atoms with Crippen molar-refractivity contribution in [2.45, 2.75) is 19.6 Å². The number of rotatable bonds is 4. The van der Waals surface area contributed by atoms with E-state index < -0.39 is 11.4 Å². The van der Waals surface area contributed by atoms with Gasteiger partial charge < -0.3 is 4.55 Å². The van der Waals surface area contributed by atoms with Crippen LogP contribution in [0.3, 0.4) is 0 Å². The van der Waals surface area contributed by atoms with Gasteiger partial charge in [0.1, 0.15) is 5.69 Å². The Labute approximate surface area is 110 Å². The van der Waals surface area contributed by atoms with E-state index in [0.717, 1.165) is 22.6 Å². The van der Waals surface area contributed by atoms with Gasteiger partial charge in [-0.15, -0.1) is 0 Å². The summed E-state index contributed by atoms with van der Waals surface area (Å²) in [5.41, 5.74) is 3.79. The van der Waals surface area contributed by atoms with E-state index in [9.17, 15) is 4.55 Å². The van der Waals surface area contributed by atoms with Crippen LogP contribution in [0.4, 0.5) is 5.69 Å². The maximum Gasteiger partial charge on any atom is 0.156 e. The van der Waals surface area contributed by atoms with Gasteiger partial charge in [-0.3, -0.25) is 4.68 Å². The molecule has 0 amide bonds. The highest BCUT2D eigenvalue weighted by Gasteiger charge is 2.15. The Morgan fingerprint density at radius 3 is 2.50 bits per heavy atom. The largest absolute Gasteiger partial charge is 0.593 e. The summed E-state index contributed by atoms with van der Waals surface area (Å²) in [6.07, 6.45) is 0. The molecule has 0 radical (unpaired) electrons. The molecule has 2 rings (SSSR count). The lowest BCUT2D eigenvalue weighted by Crippen LogP contribution is -2.16. The molecule has 0 aliphatic carbocycles. The second-order valence-electron chi connectivity index (χ2n) is 4.25. The Hall–Kier alpha value is -1.46. The number of nitrogens with zero attached hydrogens (tertiary/aromatic N) is 2. The van der Waals surface area contributed by atoms with Crippen LogP contribution in [-0.2, 0) is 24.2 Å². The van der Waals surface area contributed by atoms with E-state index in [1.54, 1.807) is 4.68 Å². The minimum atomic E-state index is -1.13. The maximum atomic E-state index is 12.1. The van der Waals surface area contributed by atoms with E-state index in [2.05, 4.69) is 9.82 Å². The van der Waals surface area contributed by atoms with E-state index in [0.29, 0.717) is 5.75 Å². The van der Waals surface area contributed by atoms with Gasteiger partial charge in [-0.25, -0.2) is 4.72 Å². The Morgan fingerprint density at radius 1 is 1.28 bits per heavy atom. The quantitative estimate of drug-likeness (QED) is 0.861. The Kier molecular flexibility index (Phi) is 3.93. The monoisotopic (exact) mass is 263 g/mol. The zero-order chi connectivity index (χ0) is 13.1. The molecule has 18 heavy (non-hydrogen) atoms. The number of nitrogens with one attached hydrogen (secondary N) is 1. The van der Waals surface area contributed by atoms with Crippen molar-refractivity contribution in [2.24, 2.45) is 7.05 Å². The van der Waals surface area contributed by atoms with Gasteiger partial charge in [0, 0.05) is 12.6 Å². The van der Waals surface area contributed by atoms with Crippen molar-refractivity contribution < 1.29 is 4.55 Å². The molecule has 1 atom stereocenters. The zero-order valence-corrected chi connectivity index (χ0v) is 11.6. The zero-order valence-electron chi connectivity index (χ0n) is 10.8. The Morgan fingerprint density at radius 2 is 1.94 bits per heavy atom. The number of hydrogen-bond donors (Lipinski definition) is 1. The highest BCUT2D eigenvalue weighted by molar-refractivity contribution is 7.91. The normalized spacial score (nSPS) is 12.4. The summed E-state index contributed by atoms with van der Waals surface area (Å²) in [5, 5.41) is 4.29. The van der Waals surface area contributed by atoms with E-state index in [-0.39, 0.29) is 0 Å². The number of hydrogen-bond acceptors (Lipinski definition) is 3. The molecule has 96 valence electrons. The Balaban J connectivity index is 2.05. The first-order valence-electron chi connectivity index (χ1n) is 5.77. The topological polar surface area (TPSA) is 52.9 Å². The third-order valence-corrected chi connectivity index (χ3v) is 3.89. The lowest BCUT2D eigenvalue weighted by molar-refractivity contribution is 0.599. The van der Waals surface area contributed by atoms with Crippen LogP contribution in [0.15, 0.2) is 30.3 Å². The predicted molar refractivity (Wildman–Crippen MR) is 74.6 cm³/mol. The van der Waals surface area contributed by atoms with Crippen LogP contribution >= 0.6 is 0 Å². The van der Waals surface area contributed by atoms with Crippen LogP contribution in [0, 0.1) is 13.8 Å². The van der Waals surface area contributed by atoms with Crippen LogP contribution in [-0.4, -0.2) is 14.3 Å².